The lowest BCUT2D eigenvalue weighted by molar-refractivity contribution is -0.143. The van der Waals surface area contributed by atoms with Crippen molar-refractivity contribution in [2.24, 2.45) is 0 Å². The fourth-order valence-electron chi connectivity index (χ4n) is 10.2. The van der Waals surface area contributed by atoms with Crippen LogP contribution in [0.4, 0.5) is 0 Å². The van der Waals surface area contributed by atoms with Crippen LogP contribution in [0.3, 0.4) is 0 Å². The number of allylic oxidation sites excluding steroid dienone is 2. The average molecular weight is 989 g/mol. The smallest absolute Gasteiger partial charge is 0.305 e. The quantitative estimate of drug-likeness (QED) is 0.0321. The van der Waals surface area contributed by atoms with Crippen molar-refractivity contribution in [3.63, 3.8) is 0 Å². The minimum absolute atomic E-state index is 0.00672. The number of aliphatic hydroxyl groups is 2. The lowest BCUT2D eigenvalue weighted by atomic mass is 10.0. The molecule has 6 heteroatoms. The Morgan fingerprint density at radius 3 is 1.01 bits per heavy atom. The number of carbonyl (C=O) groups excluding carboxylic acids is 2. The van der Waals surface area contributed by atoms with Crippen molar-refractivity contribution >= 4 is 11.9 Å². The minimum atomic E-state index is -0.663. The summed E-state index contributed by atoms with van der Waals surface area (Å²) in [7, 11) is 0. The standard InChI is InChI=1S/C64H125NO5/c1-3-5-7-9-11-13-15-17-19-30-34-38-42-46-50-54-58-64(69)70-59-55-51-47-43-39-35-31-27-25-23-21-20-22-24-26-29-33-37-41-45-49-53-57-63(68)65-61(60-66)62(67)56-52-48-44-40-36-32-28-18-16-14-12-10-8-6-4-2/h19,30,61-62,66-67H,3-18,20-29,31-60H2,1-2H3,(H,65,68)/b30-19-. The number of nitrogens with one attached hydrogen (secondary N) is 1. The van der Waals surface area contributed by atoms with Gasteiger partial charge in [0.1, 0.15) is 0 Å². The molecule has 0 saturated carbocycles. The van der Waals surface area contributed by atoms with Crippen molar-refractivity contribution in [2.45, 2.75) is 373 Å². The third-order valence-electron chi connectivity index (χ3n) is 15.1. The number of unbranched alkanes of at least 4 members (excludes halogenated alkanes) is 47. The summed E-state index contributed by atoms with van der Waals surface area (Å²) in [4.78, 5) is 24.6. The summed E-state index contributed by atoms with van der Waals surface area (Å²) in [6.45, 7) is 4.97. The van der Waals surface area contributed by atoms with Gasteiger partial charge in [0, 0.05) is 12.8 Å². The summed E-state index contributed by atoms with van der Waals surface area (Å²) in [6.07, 6.45) is 72.2. The van der Waals surface area contributed by atoms with E-state index in [1.54, 1.807) is 0 Å². The van der Waals surface area contributed by atoms with Gasteiger partial charge in [-0.2, -0.15) is 0 Å². The summed E-state index contributed by atoms with van der Waals surface area (Å²) in [6, 6.07) is -0.541. The van der Waals surface area contributed by atoms with Gasteiger partial charge in [-0.05, 0) is 51.4 Å². The molecule has 0 bridgehead atoms. The minimum Gasteiger partial charge on any atom is -0.466 e. The van der Waals surface area contributed by atoms with Crippen LogP contribution in [-0.2, 0) is 14.3 Å². The molecule has 0 aliphatic carbocycles. The topological polar surface area (TPSA) is 95.9 Å². The Kier molecular flexibility index (Phi) is 59.0. The molecule has 0 aromatic heterocycles. The van der Waals surface area contributed by atoms with Gasteiger partial charge in [-0.25, -0.2) is 0 Å². The van der Waals surface area contributed by atoms with E-state index in [9.17, 15) is 19.8 Å². The van der Waals surface area contributed by atoms with E-state index in [2.05, 4.69) is 31.3 Å². The maximum Gasteiger partial charge on any atom is 0.305 e. The maximum absolute atomic E-state index is 12.5. The van der Waals surface area contributed by atoms with Crippen LogP contribution in [0.15, 0.2) is 12.2 Å². The number of carbonyl (C=O) groups is 2. The van der Waals surface area contributed by atoms with E-state index >= 15 is 0 Å². The van der Waals surface area contributed by atoms with Crippen LogP contribution in [0.25, 0.3) is 0 Å². The van der Waals surface area contributed by atoms with Crippen LogP contribution >= 0.6 is 0 Å². The predicted molar refractivity (Wildman–Crippen MR) is 306 cm³/mol. The third kappa shape index (κ3) is 55.9. The summed E-state index contributed by atoms with van der Waals surface area (Å²) >= 11 is 0. The zero-order valence-corrected chi connectivity index (χ0v) is 47.5. The van der Waals surface area contributed by atoms with Gasteiger partial charge in [-0.3, -0.25) is 9.59 Å². The summed E-state index contributed by atoms with van der Waals surface area (Å²) in [5.41, 5.74) is 0. The number of amides is 1. The van der Waals surface area contributed by atoms with E-state index in [1.807, 2.05) is 0 Å². The molecule has 1 amide bonds. The Balaban J connectivity index is 3.36. The first-order valence-corrected chi connectivity index (χ1v) is 31.9. The van der Waals surface area contributed by atoms with E-state index < -0.39 is 12.1 Å². The van der Waals surface area contributed by atoms with Crippen LogP contribution in [0.2, 0.25) is 0 Å². The second kappa shape index (κ2) is 60.2. The van der Waals surface area contributed by atoms with Gasteiger partial charge >= 0.3 is 5.97 Å². The van der Waals surface area contributed by atoms with Gasteiger partial charge in [0.05, 0.1) is 25.4 Å². The van der Waals surface area contributed by atoms with E-state index in [0.717, 1.165) is 44.9 Å². The summed E-state index contributed by atoms with van der Waals surface area (Å²) < 4.78 is 5.49. The largest absolute Gasteiger partial charge is 0.466 e. The van der Waals surface area contributed by atoms with E-state index in [4.69, 9.17) is 4.74 Å². The average Bonchev–Trinajstić information content (AvgIpc) is 3.36. The highest BCUT2D eigenvalue weighted by Gasteiger charge is 2.20. The molecule has 6 nitrogen and oxygen atoms in total. The fraction of sp³-hybridized carbons (Fsp3) is 0.938. The van der Waals surface area contributed by atoms with Crippen molar-refractivity contribution in [3.8, 4) is 0 Å². The lowest BCUT2D eigenvalue weighted by Crippen LogP contribution is -2.45. The normalized spacial score (nSPS) is 12.6. The molecule has 2 unspecified atom stereocenters. The van der Waals surface area contributed by atoms with Crippen molar-refractivity contribution in [1.29, 1.82) is 0 Å². The van der Waals surface area contributed by atoms with E-state index in [-0.39, 0.29) is 18.5 Å². The highest BCUT2D eigenvalue weighted by molar-refractivity contribution is 5.76. The number of rotatable bonds is 60. The molecule has 0 heterocycles. The predicted octanol–water partition coefficient (Wildman–Crippen LogP) is 20.0. The van der Waals surface area contributed by atoms with Gasteiger partial charge in [-0.15, -0.1) is 0 Å². The summed E-state index contributed by atoms with van der Waals surface area (Å²) in [5, 5.41) is 23.3. The Morgan fingerprint density at radius 2 is 0.671 bits per heavy atom. The van der Waals surface area contributed by atoms with Gasteiger partial charge in [0.15, 0.2) is 0 Å². The van der Waals surface area contributed by atoms with Crippen LogP contribution in [0.1, 0.15) is 361 Å². The van der Waals surface area contributed by atoms with Crippen LogP contribution in [0, 0.1) is 0 Å². The number of esters is 1. The Labute approximate surface area is 438 Å². The molecule has 0 radical (unpaired) electrons. The molecule has 0 aromatic carbocycles. The first-order valence-electron chi connectivity index (χ1n) is 31.9. The van der Waals surface area contributed by atoms with E-state index in [0.29, 0.717) is 25.9 Å². The van der Waals surface area contributed by atoms with Crippen LogP contribution in [0.5, 0.6) is 0 Å². The monoisotopic (exact) mass is 988 g/mol. The van der Waals surface area contributed by atoms with Crippen LogP contribution < -0.4 is 5.32 Å². The molecule has 0 fully saturated rings. The number of ether oxygens (including phenoxy) is 1. The molecular weight excluding hydrogens is 863 g/mol. The first kappa shape index (κ1) is 68.6. The van der Waals surface area contributed by atoms with Crippen molar-refractivity contribution in [1.82, 2.24) is 5.32 Å². The molecule has 0 rings (SSSR count). The maximum atomic E-state index is 12.5. The van der Waals surface area contributed by atoms with Crippen molar-refractivity contribution in [2.75, 3.05) is 13.2 Å². The number of hydrogen-bond acceptors (Lipinski definition) is 5. The number of aliphatic hydroxyl groups excluding tert-OH is 2. The molecule has 0 saturated heterocycles. The molecular formula is C64H125NO5. The van der Waals surface area contributed by atoms with Crippen molar-refractivity contribution < 1.29 is 24.5 Å². The molecule has 70 heavy (non-hydrogen) atoms. The second-order valence-corrected chi connectivity index (χ2v) is 22.1. The number of hydrogen-bond donors (Lipinski definition) is 3. The molecule has 0 spiro atoms. The lowest BCUT2D eigenvalue weighted by Gasteiger charge is -2.22. The molecule has 0 aromatic rings. The first-order chi connectivity index (χ1) is 34.5. The summed E-state index contributed by atoms with van der Waals surface area (Å²) in [5.74, 6) is -0.0259. The Bertz CT molecular complexity index is 1050. The molecule has 2 atom stereocenters. The van der Waals surface area contributed by atoms with E-state index in [1.165, 1.54) is 283 Å². The van der Waals surface area contributed by atoms with Gasteiger partial charge in [0.25, 0.3) is 0 Å². The van der Waals surface area contributed by atoms with Gasteiger partial charge < -0.3 is 20.3 Å². The highest BCUT2D eigenvalue weighted by atomic mass is 16.5. The third-order valence-corrected chi connectivity index (χ3v) is 15.1. The Hall–Kier alpha value is -1.40. The van der Waals surface area contributed by atoms with Gasteiger partial charge in [0.2, 0.25) is 5.91 Å². The van der Waals surface area contributed by atoms with Crippen molar-refractivity contribution in [3.05, 3.63) is 12.2 Å². The zero-order valence-electron chi connectivity index (χ0n) is 47.5. The molecule has 3 N–H and O–H groups in total. The van der Waals surface area contributed by atoms with Crippen LogP contribution in [-0.4, -0.2) is 47.4 Å². The highest BCUT2D eigenvalue weighted by Crippen LogP contribution is 2.18. The molecule has 0 aliphatic heterocycles. The SMILES string of the molecule is CCCCCCCCC/C=C\CCCCCCCC(=O)OCCCCCCCCCCCCCCCCCCCCCCCCC(=O)NC(CO)C(O)CCCCCCCCCCCCCCCCC. The fourth-order valence-corrected chi connectivity index (χ4v) is 10.2. The zero-order chi connectivity index (χ0) is 50.7. The second-order valence-electron chi connectivity index (χ2n) is 22.1. The Morgan fingerprint density at radius 1 is 0.386 bits per heavy atom. The van der Waals surface area contributed by atoms with Gasteiger partial charge in [-0.1, -0.05) is 309 Å². The molecule has 0 aliphatic rings. The molecule has 416 valence electrons.